The van der Waals surface area contributed by atoms with E-state index in [4.69, 9.17) is 14.9 Å². The SMILES string of the molecule is Cc1cc(C)c(C)c(OCc2nc3c(N)cccc3o2)c1. The summed E-state index contributed by atoms with van der Waals surface area (Å²) < 4.78 is 11.5. The van der Waals surface area contributed by atoms with Gasteiger partial charge in [-0.15, -0.1) is 0 Å². The zero-order valence-electron chi connectivity index (χ0n) is 12.4. The lowest BCUT2D eigenvalue weighted by Crippen LogP contribution is -1.99. The molecule has 4 heteroatoms. The maximum Gasteiger partial charge on any atom is 0.233 e. The van der Waals surface area contributed by atoms with Crippen LogP contribution < -0.4 is 10.5 Å². The molecule has 0 saturated carbocycles. The third-order valence-corrected chi connectivity index (χ3v) is 3.61. The molecule has 4 nitrogen and oxygen atoms in total. The zero-order chi connectivity index (χ0) is 15.0. The Morgan fingerprint density at radius 3 is 2.76 bits per heavy atom. The Labute approximate surface area is 123 Å². The third kappa shape index (κ3) is 2.57. The topological polar surface area (TPSA) is 61.3 Å². The van der Waals surface area contributed by atoms with E-state index >= 15 is 0 Å². The van der Waals surface area contributed by atoms with Crippen molar-refractivity contribution >= 4 is 16.8 Å². The molecule has 0 atom stereocenters. The number of aryl methyl sites for hydroxylation is 2. The molecule has 0 unspecified atom stereocenters. The highest BCUT2D eigenvalue weighted by molar-refractivity contribution is 5.85. The minimum atomic E-state index is 0.290. The van der Waals surface area contributed by atoms with Gasteiger partial charge >= 0.3 is 0 Å². The molecule has 108 valence electrons. The van der Waals surface area contributed by atoms with E-state index in [-0.39, 0.29) is 6.61 Å². The highest BCUT2D eigenvalue weighted by atomic mass is 16.5. The molecule has 3 aromatic rings. The maximum absolute atomic E-state index is 5.88. The molecule has 1 aromatic heterocycles. The highest BCUT2D eigenvalue weighted by Gasteiger charge is 2.10. The van der Waals surface area contributed by atoms with E-state index in [2.05, 4.69) is 24.9 Å². The first-order valence-corrected chi connectivity index (χ1v) is 6.89. The third-order valence-electron chi connectivity index (χ3n) is 3.61. The van der Waals surface area contributed by atoms with Gasteiger partial charge in [-0.2, -0.15) is 0 Å². The minimum absolute atomic E-state index is 0.290. The Morgan fingerprint density at radius 2 is 2.00 bits per heavy atom. The number of hydrogen-bond donors (Lipinski definition) is 1. The molecule has 0 saturated heterocycles. The van der Waals surface area contributed by atoms with Crippen molar-refractivity contribution in [2.45, 2.75) is 27.4 Å². The average molecular weight is 282 g/mol. The van der Waals surface area contributed by atoms with E-state index in [9.17, 15) is 0 Å². The molecule has 2 N–H and O–H groups in total. The smallest absolute Gasteiger partial charge is 0.233 e. The molecule has 0 aliphatic heterocycles. The van der Waals surface area contributed by atoms with Gasteiger partial charge in [0.25, 0.3) is 0 Å². The van der Waals surface area contributed by atoms with E-state index in [1.54, 1.807) is 0 Å². The largest absolute Gasteiger partial charge is 0.484 e. The number of para-hydroxylation sites is 1. The summed E-state index contributed by atoms with van der Waals surface area (Å²) in [5.41, 5.74) is 11.4. The molecule has 1 heterocycles. The number of rotatable bonds is 3. The predicted molar refractivity (Wildman–Crippen MR) is 83.4 cm³/mol. The van der Waals surface area contributed by atoms with E-state index in [0.717, 1.165) is 11.3 Å². The fourth-order valence-electron chi connectivity index (χ4n) is 2.37. The van der Waals surface area contributed by atoms with Crippen molar-refractivity contribution in [3.63, 3.8) is 0 Å². The van der Waals surface area contributed by atoms with Crippen LogP contribution in [0, 0.1) is 20.8 Å². The standard InChI is InChI=1S/C17H18N2O2/c1-10-7-11(2)12(3)15(8-10)20-9-16-19-17-13(18)5-4-6-14(17)21-16/h4-8H,9,18H2,1-3H3. The number of anilines is 1. The van der Waals surface area contributed by atoms with Crippen molar-refractivity contribution in [3.05, 3.63) is 52.9 Å². The Bertz CT molecular complexity index is 806. The van der Waals surface area contributed by atoms with E-state index in [1.165, 1.54) is 11.1 Å². The van der Waals surface area contributed by atoms with Crippen LogP contribution in [-0.4, -0.2) is 4.98 Å². The van der Waals surface area contributed by atoms with E-state index in [0.29, 0.717) is 22.7 Å². The number of nitrogens with zero attached hydrogens (tertiary/aromatic N) is 1. The number of benzene rings is 2. The van der Waals surface area contributed by atoms with Crippen LogP contribution in [0.15, 0.2) is 34.7 Å². The van der Waals surface area contributed by atoms with Crippen molar-refractivity contribution in [2.75, 3.05) is 5.73 Å². The molecule has 3 rings (SSSR count). The van der Waals surface area contributed by atoms with Crippen LogP contribution in [0.25, 0.3) is 11.1 Å². The van der Waals surface area contributed by atoms with Crippen molar-refractivity contribution < 1.29 is 9.15 Å². The lowest BCUT2D eigenvalue weighted by molar-refractivity contribution is 0.265. The van der Waals surface area contributed by atoms with Crippen LogP contribution in [0.4, 0.5) is 5.69 Å². The van der Waals surface area contributed by atoms with Gasteiger partial charge in [0.2, 0.25) is 5.89 Å². The lowest BCUT2D eigenvalue weighted by atomic mass is 10.1. The van der Waals surface area contributed by atoms with Gasteiger partial charge in [0.1, 0.15) is 11.3 Å². The first-order chi connectivity index (χ1) is 10.0. The Hall–Kier alpha value is -2.49. The highest BCUT2D eigenvalue weighted by Crippen LogP contribution is 2.25. The molecular formula is C17H18N2O2. The molecule has 21 heavy (non-hydrogen) atoms. The van der Waals surface area contributed by atoms with E-state index < -0.39 is 0 Å². The number of nitrogen functional groups attached to an aromatic ring is 1. The van der Waals surface area contributed by atoms with Crippen molar-refractivity contribution in [1.82, 2.24) is 4.98 Å². The molecule has 0 aliphatic rings. The monoisotopic (exact) mass is 282 g/mol. The number of aromatic nitrogens is 1. The second-order valence-electron chi connectivity index (χ2n) is 5.30. The molecule has 0 radical (unpaired) electrons. The summed E-state index contributed by atoms with van der Waals surface area (Å²) >= 11 is 0. The van der Waals surface area contributed by atoms with Crippen LogP contribution >= 0.6 is 0 Å². The van der Waals surface area contributed by atoms with Crippen LogP contribution in [0.3, 0.4) is 0 Å². The van der Waals surface area contributed by atoms with E-state index in [1.807, 2.05) is 31.2 Å². The maximum atomic E-state index is 5.88. The van der Waals surface area contributed by atoms with Crippen LogP contribution in [-0.2, 0) is 6.61 Å². The zero-order valence-corrected chi connectivity index (χ0v) is 12.4. The molecule has 0 aliphatic carbocycles. The van der Waals surface area contributed by atoms with Crippen molar-refractivity contribution in [1.29, 1.82) is 0 Å². The first-order valence-electron chi connectivity index (χ1n) is 6.89. The molecule has 0 spiro atoms. The van der Waals surface area contributed by atoms with Gasteiger partial charge in [-0.1, -0.05) is 12.1 Å². The van der Waals surface area contributed by atoms with Crippen LogP contribution in [0.1, 0.15) is 22.6 Å². The summed E-state index contributed by atoms with van der Waals surface area (Å²) in [4.78, 5) is 4.39. The normalized spacial score (nSPS) is 11.0. The summed E-state index contributed by atoms with van der Waals surface area (Å²) in [5.74, 6) is 1.39. The Morgan fingerprint density at radius 1 is 1.19 bits per heavy atom. The molecule has 2 aromatic carbocycles. The van der Waals surface area contributed by atoms with Crippen LogP contribution in [0.2, 0.25) is 0 Å². The number of hydrogen-bond acceptors (Lipinski definition) is 4. The van der Waals surface area contributed by atoms with Gasteiger partial charge in [-0.05, 0) is 55.7 Å². The minimum Gasteiger partial charge on any atom is -0.484 e. The van der Waals surface area contributed by atoms with Crippen molar-refractivity contribution in [2.24, 2.45) is 0 Å². The molecular weight excluding hydrogens is 264 g/mol. The number of nitrogens with two attached hydrogens (primary N) is 1. The number of fused-ring (bicyclic) bond motifs is 1. The molecule has 0 amide bonds. The fourth-order valence-corrected chi connectivity index (χ4v) is 2.37. The second-order valence-corrected chi connectivity index (χ2v) is 5.30. The fraction of sp³-hybridized carbons (Fsp3) is 0.235. The summed E-state index contributed by atoms with van der Waals surface area (Å²) in [7, 11) is 0. The quantitative estimate of drug-likeness (QED) is 0.740. The van der Waals surface area contributed by atoms with Gasteiger partial charge < -0.3 is 14.9 Å². The molecule has 0 bridgehead atoms. The van der Waals surface area contributed by atoms with Gasteiger partial charge in [-0.3, -0.25) is 0 Å². The number of oxazole rings is 1. The van der Waals surface area contributed by atoms with Gasteiger partial charge in [0, 0.05) is 0 Å². The summed E-state index contributed by atoms with van der Waals surface area (Å²) in [6.45, 7) is 6.47. The average Bonchev–Trinajstić information content (AvgIpc) is 2.86. The Kier molecular flexibility index (Phi) is 3.29. The van der Waals surface area contributed by atoms with Crippen molar-refractivity contribution in [3.8, 4) is 5.75 Å². The summed E-state index contributed by atoms with van der Waals surface area (Å²) in [6, 6.07) is 9.68. The van der Waals surface area contributed by atoms with Gasteiger partial charge in [0.15, 0.2) is 12.2 Å². The first kappa shape index (κ1) is 13.5. The second kappa shape index (κ2) is 5.13. The number of ether oxygens (including phenoxy) is 1. The summed E-state index contributed by atoms with van der Waals surface area (Å²) in [5, 5.41) is 0. The predicted octanol–water partition coefficient (Wildman–Crippen LogP) is 3.91. The Balaban J connectivity index is 1.85. The van der Waals surface area contributed by atoms with Crippen LogP contribution in [0.5, 0.6) is 5.75 Å². The van der Waals surface area contributed by atoms with Gasteiger partial charge in [0.05, 0.1) is 5.69 Å². The molecule has 0 fully saturated rings. The lowest BCUT2D eigenvalue weighted by Gasteiger charge is -2.10. The summed E-state index contributed by atoms with van der Waals surface area (Å²) in [6.07, 6.45) is 0. The van der Waals surface area contributed by atoms with Gasteiger partial charge in [-0.25, -0.2) is 4.98 Å².